The van der Waals surface area contributed by atoms with E-state index in [1.165, 1.54) is 16.7 Å². The lowest BCUT2D eigenvalue weighted by atomic mass is 10.1. The minimum Gasteiger partial charge on any atom is -0.418 e. The molecule has 5 aromatic rings. The first-order valence-corrected chi connectivity index (χ1v) is 17.9. The van der Waals surface area contributed by atoms with Crippen molar-refractivity contribution in [3.8, 4) is 6.07 Å². The van der Waals surface area contributed by atoms with Gasteiger partial charge >= 0.3 is 0 Å². The molecule has 1 amide bonds. The Kier molecular flexibility index (Phi) is 10.6. The number of ketones is 1. The molecule has 8 rings (SSSR count). The molecule has 3 aliphatic rings. The Morgan fingerprint density at radius 3 is 2.25 bits per heavy atom. The Balaban J connectivity index is 0.000000166. The Hall–Kier alpha value is -6.18. The number of aromatic nitrogens is 2. The van der Waals surface area contributed by atoms with Crippen LogP contribution in [0, 0.1) is 25.2 Å². The number of fused-ring (bicyclic) bond motifs is 2. The fourth-order valence-corrected chi connectivity index (χ4v) is 6.75. The fraction of sp³-hybridized carbons (Fsp3) is 0.256. The van der Waals surface area contributed by atoms with E-state index in [9.17, 15) is 9.59 Å². The van der Waals surface area contributed by atoms with Crippen LogP contribution in [-0.4, -0.2) is 68.7 Å². The summed E-state index contributed by atoms with van der Waals surface area (Å²) in [6.45, 7) is 8.68. The molecule has 4 aromatic carbocycles. The summed E-state index contributed by atoms with van der Waals surface area (Å²) in [6, 6.07) is 36.2. The summed E-state index contributed by atoms with van der Waals surface area (Å²) >= 11 is 0. The van der Waals surface area contributed by atoms with Crippen LogP contribution in [0.3, 0.4) is 0 Å². The molecule has 0 atom stereocenters. The Morgan fingerprint density at radius 1 is 0.811 bits per heavy atom. The lowest BCUT2D eigenvalue weighted by Crippen LogP contribution is -2.49. The standard InChI is InChI=1S/C23H24N4O.C20H17N3O2/c1-17-7-9-19(10-8-17)14-27-22(28)20-15-25(13-18-5-3-2-4-6-18)16-21(20)26-12-11-24-23(26)27;1-14-5-7-15(8-6-14)9-10-18(24)20-23-22-19(25-20)12-16-3-2-4-17(11-16)13-21/h2-10H,11-16H2,1H3;2-8,11H,9-10,12H2,1H3. The number of guanidine groups is 1. The molecule has 10 heteroatoms. The van der Waals surface area contributed by atoms with Gasteiger partial charge in [0.15, 0.2) is 0 Å². The van der Waals surface area contributed by atoms with Crippen molar-refractivity contribution >= 4 is 17.6 Å². The van der Waals surface area contributed by atoms with Gasteiger partial charge in [-0.3, -0.25) is 24.4 Å². The van der Waals surface area contributed by atoms with Crippen LogP contribution in [0.5, 0.6) is 0 Å². The summed E-state index contributed by atoms with van der Waals surface area (Å²) in [4.78, 5) is 36.7. The van der Waals surface area contributed by atoms with Crippen molar-refractivity contribution in [3.63, 3.8) is 0 Å². The van der Waals surface area contributed by atoms with Gasteiger partial charge in [0.25, 0.3) is 11.8 Å². The van der Waals surface area contributed by atoms with Crippen LogP contribution in [0.4, 0.5) is 0 Å². The molecular formula is C43H41N7O3. The molecule has 0 aliphatic carbocycles. The van der Waals surface area contributed by atoms with E-state index in [0.29, 0.717) is 43.8 Å². The minimum atomic E-state index is -0.162. The Labute approximate surface area is 309 Å². The average molecular weight is 704 g/mol. The van der Waals surface area contributed by atoms with E-state index in [-0.39, 0.29) is 17.6 Å². The highest BCUT2D eigenvalue weighted by molar-refractivity contribution is 6.10. The average Bonchev–Trinajstić information content (AvgIpc) is 3.95. The first-order valence-electron chi connectivity index (χ1n) is 17.9. The molecule has 0 radical (unpaired) electrons. The number of rotatable bonds is 10. The van der Waals surface area contributed by atoms with E-state index < -0.39 is 0 Å². The fourth-order valence-electron chi connectivity index (χ4n) is 6.75. The number of aryl methyl sites for hydroxylation is 3. The summed E-state index contributed by atoms with van der Waals surface area (Å²) in [5.41, 5.74) is 9.49. The van der Waals surface area contributed by atoms with Crippen molar-refractivity contribution in [1.82, 2.24) is 24.9 Å². The molecule has 4 heterocycles. The second kappa shape index (κ2) is 16.0. The van der Waals surface area contributed by atoms with Gasteiger partial charge in [-0.1, -0.05) is 102 Å². The van der Waals surface area contributed by atoms with Gasteiger partial charge in [0.05, 0.1) is 36.7 Å². The molecule has 0 bridgehead atoms. The third-order valence-electron chi connectivity index (χ3n) is 9.58. The zero-order valence-corrected chi connectivity index (χ0v) is 30.0. The summed E-state index contributed by atoms with van der Waals surface area (Å²) < 4.78 is 5.48. The zero-order chi connectivity index (χ0) is 36.7. The first-order chi connectivity index (χ1) is 25.8. The highest BCUT2D eigenvalue weighted by Gasteiger charge is 2.42. The van der Waals surface area contributed by atoms with Gasteiger partial charge in [0.2, 0.25) is 17.6 Å². The number of hydrogen-bond acceptors (Lipinski definition) is 9. The highest BCUT2D eigenvalue weighted by Crippen LogP contribution is 2.32. The number of benzene rings is 4. The Morgan fingerprint density at radius 2 is 1.51 bits per heavy atom. The lowest BCUT2D eigenvalue weighted by Gasteiger charge is -2.35. The maximum absolute atomic E-state index is 13.4. The smallest absolute Gasteiger partial charge is 0.284 e. The number of amides is 1. The zero-order valence-electron chi connectivity index (χ0n) is 30.0. The van der Waals surface area contributed by atoms with Crippen LogP contribution in [0.1, 0.15) is 61.9 Å². The van der Waals surface area contributed by atoms with Crippen molar-refractivity contribution in [2.24, 2.45) is 4.99 Å². The molecule has 1 aromatic heterocycles. The number of nitriles is 1. The van der Waals surface area contributed by atoms with E-state index in [1.54, 1.807) is 18.2 Å². The summed E-state index contributed by atoms with van der Waals surface area (Å²) in [6.07, 6.45) is 1.36. The van der Waals surface area contributed by atoms with Crippen LogP contribution in [0.2, 0.25) is 0 Å². The third-order valence-corrected chi connectivity index (χ3v) is 9.58. The van der Waals surface area contributed by atoms with Gasteiger partial charge in [-0.25, -0.2) is 0 Å². The molecule has 3 aliphatic heterocycles. The monoisotopic (exact) mass is 703 g/mol. The van der Waals surface area contributed by atoms with Crippen LogP contribution < -0.4 is 0 Å². The maximum atomic E-state index is 13.4. The molecule has 53 heavy (non-hydrogen) atoms. The number of aliphatic imine (C=N–C) groups is 1. The van der Waals surface area contributed by atoms with E-state index in [2.05, 4.69) is 86.5 Å². The van der Waals surface area contributed by atoms with Crippen molar-refractivity contribution < 1.29 is 14.0 Å². The van der Waals surface area contributed by atoms with Gasteiger partial charge in [-0.05, 0) is 54.7 Å². The van der Waals surface area contributed by atoms with Gasteiger partial charge in [-0.2, -0.15) is 5.26 Å². The predicted molar refractivity (Wildman–Crippen MR) is 202 cm³/mol. The second-order valence-electron chi connectivity index (χ2n) is 13.7. The normalized spacial score (nSPS) is 15.0. The molecule has 0 fully saturated rings. The predicted octanol–water partition coefficient (Wildman–Crippen LogP) is 6.43. The second-order valence-corrected chi connectivity index (χ2v) is 13.7. The molecule has 0 saturated heterocycles. The van der Waals surface area contributed by atoms with E-state index >= 15 is 0 Å². The molecule has 0 unspecified atom stereocenters. The number of hydrogen-bond donors (Lipinski definition) is 0. The van der Waals surface area contributed by atoms with Crippen LogP contribution >= 0.6 is 0 Å². The van der Waals surface area contributed by atoms with Crippen molar-refractivity contribution in [3.05, 3.63) is 165 Å². The van der Waals surface area contributed by atoms with Crippen molar-refractivity contribution in [1.29, 1.82) is 5.26 Å². The quantitative estimate of drug-likeness (QED) is 0.153. The van der Waals surface area contributed by atoms with Crippen LogP contribution in [-0.2, 0) is 30.7 Å². The number of nitrogens with zero attached hydrogens (tertiary/aromatic N) is 7. The molecule has 266 valence electrons. The van der Waals surface area contributed by atoms with Gasteiger partial charge in [0, 0.05) is 38.3 Å². The number of carbonyl (C=O) groups is 2. The topological polar surface area (TPSA) is 119 Å². The van der Waals surface area contributed by atoms with E-state index in [4.69, 9.17) is 9.68 Å². The van der Waals surface area contributed by atoms with Crippen LogP contribution in [0.25, 0.3) is 0 Å². The minimum absolute atomic E-state index is 0.0403. The summed E-state index contributed by atoms with van der Waals surface area (Å²) in [7, 11) is 0. The maximum Gasteiger partial charge on any atom is 0.284 e. The van der Waals surface area contributed by atoms with Crippen LogP contribution in [0.15, 0.2) is 124 Å². The molecular weight excluding hydrogens is 663 g/mol. The molecule has 0 spiro atoms. The largest absolute Gasteiger partial charge is 0.418 e. The third kappa shape index (κ3) is 8.49. The van der Waals surface area contributed by atoms with E-state index in [1.807, 2.05) is 48.2 Å². The molecule has 0 saturated carbocycles. The van der Waals surface area contributed by atoms with Crippen molar-refractivity contribution in [2.45, 2.75) is 46.2 Å². The summed E-state index contributed by atoms with van der Waals surface area (Å²) in [5, 5.41) is 16.7. The van der Waals surface area contributed by atoms with Gasteiger partial charge in [-0.15, -0.1) is 10.2 Å². The van der Waals surface area contributed by atoms with E-state index in [0.717, 1.165) is 60.1 Å². The van der Waals surface area contributed by atoms with Gasteiger partial charge < -0.3 is 9.32 Å². The molecule has 0 N–H and O–H groups in total. The summed E-state index contributed by atoms with van der Waals surface area (Å²) in [5.74, 6) is 1.19. The van der Waals surface area contributed by atoms with Gasteiger partial charge in [0.1, 0.15) is 0 Å². The molecule has 10 nitrogen and oxygen atoms in total. The highest BCUT2D eigenvalue weighted by atomic mass is 16.4. The number of carbonyl (C=O) groups excluding carboxylic acids is 2. The number of Topliss-reactive ketones (excluding diaryl/α,β-unsaturated/α-hetero) is 1. The SMILES string of the molecule is Cc1ccc(CCC(=O)c2nnc(Cc3cccc(C#N)c3)o2)cc1.Cc1ccc(CN2C(=O)C3=C(CN(Cc4ccccc4)C3)N3CCN=C23)cc1. The first kappa shape index (κ1) is 35.2. The van der Waals surface area contributed by atoms with Crippen molar-refractivity contribution in [2.75, 3.05) is 26.2 Å². The lowest BCUT2D eigenvalue weighted by molar-refractivity contribution is -0.125. The Bertz CT molecular complexity index is 2200.